The summed E-state index contributed by atoms with van der Waals surface area (Å²) in [6.45, 7) is 3.41. The number of hydrogen-bond acceptors (Lipinski definition) is 2. The molecule has 2 nitrogen and oxygen atoms in total. The van der Waals surface area contributed by atoms with Crippen LogP contribution in [0.2, 0.25) is 0 Å². The maximum Gasteiger partial charge on any atom is 0.264 e. The van der Waals surface area contributed by atoms with E-state index in [2.05, 4.69) is 0 Å². The van der Waals surface area contributed by atoms with Crippen LogP contribution in [-0.4, -0.2) is 17.4 Å². The zero-order valence-corrected chi connectivity index (χ0v) is 10.6. The van der Waals surface area contributed by atoms with Gasteiger partial charge in [0, 0.05) is 13.1 Å². The van der Waals surface area contributed by atoms with Gasteiger partial charge in [-0.15, -0.1) is 11.3 Å². The Labute approximate surface area is 106 Å². The van der Waals surface area contributed by atoms with Crippen molar-refractivity contribution >= 4 is 17.2 Å². The lowest BCUT2D eigenvalue weighted by molar-refractivity contribution is 0.0757. The number of benzene rings is 1. The van der Waals surface area contributed by atoms with Crippen LogP contribution in [0, 0.1) is 0 Å². The summed E-state index contributed by atoms with van der Waals surface area (Å²) in [5.74, 6) is 0.117. The van der Waals surface area contributed by atoms with Gasteiger partial charge in [-0.3, -0.25) is 4.79 Å². The summed E-state index contributed by atoms with van der Waals surface area (Å²) in [6, 6.07) is 13.9. The second kappa shape index (κ2) is 5.64. The highest BCUT2D eigenvalue weighted by Crippen LogP contribution is 2.14. The first-order valence-corrected chi connectivity index (χ1v) is 6.56. The molecule has 0 aliphatic heterocycles. The smallest absolute Gasteiger partial charge is 0.264 e. The van der Waals surface area contributed by atoms with Crippen LogP contribution in [-0.2, 0) is 6.54 Å². The molecular weight excluding hydrogens is 230 g/mol. The van der Waals surface area contributed by atoms with Crippen LogP contribution >= 0.6 is 11.3 Å². The molecule has 1 heterocycles. The number of thiophene rings is 1. The van der Waals surface area contributed by atoms with Crippen LogP contribution in [0.5, 0.6) is 0 Å². The number of rotatable bonds is 4. The van der Waals surface area contributed by atoms with E-state index in [9.17, 15) is 4.79 Å². The topological polar surface area (TPSA) is 20.3 Å². The fourth-order valence-corrected chi connectivity index (χ4v) is 2.38. The van der Waals surface area contributed by atoms with Gasteiger partial charge in [-0.2, -0.15) is 0 Å². The number of amides is 1. The number of nitrogens with zero attached hydrogens (tertiary/aromatic N) is 1. The van der Waals surface area contributed by atoms with E-state index in [4.69, 9.17) is 0 Å². The second-order valence-corrected chi connectivity index (χ2v) is 4.73. The average molecular weight is 245 g/mol. The van der Waals surface area contributed by atoms with Gasteiger partial charge >= 0.3 is 0 Å². The molecule has 17 heavy (non-hydrogen) atoms. The highest BCUT2D eigenvalue weighted by molar-refractivity contribution is 7.12. The standard InChI is InChI=1S/C14H15NOS/c1-2-15(11-12-7-4-3-5-8-12)14(16)13-9-6-10-17-13/h3-10H,2,11H2,1H3. The molecule has 0 atom stereocenters. The van der Waals surface area contributed by atoms with Gasteiger partial charge in [-0.05, 0) is 23.9 Å². The molecule has 1 aromatic carbocycles. The van der Waals surface area contributed by atoms with Crippen LogP contribution in [0.3, 0.4) is 0 Å². The lowest BCUT2D eigenvalue weighted by atomic mass is 10.2. The van der Waals surface area contributed by atoms with Gasteiger partial charge in [-0.1, -0.05) is 36.4 Å². The highest BCUT2D eigenvalue weighted by atomic mass is 32.1. The Morgan fingerprint density at radius 3 is 2.53 bits per heavy atom. The van der Waals surface area contributed by atoms with Crippen LogP contribution in [0.1, 0.15) is 22.2 Å². The Morgan fingerprint density at radius 1 is 1.18 bits per heavy atom. The molecule has 2 aromatic rings. The largest absolute Gasteiger partial charge is 0.334 e. The Bertz CT molecular complexity index is 464. The lowest BCUT2D eigenvalue weighted by Gasteiger charge is -2.20. The van der Waals surface area contributed by atoms with Gasteiger partial charge in [0.25, 0.3) is 5.91 Å². The quantitative estimate of drug-likeness (QED) is 0.808. The summed E-state index contributed by atoms with van der Waals surface area (Å²) in [4.78, 5) is 14.8. The van der Waals surface area contributed by atoms with Gasteiger partial charge in [0.05, 0.1) is 4.88 Å². The molecule has 0 radical (unpaired) electrons. The summed E-state index contributed by atoms with van der Waals surface area (Å²) in [5.41, 5.74) is 1.17. The van der Waals surface area contributed by atoms with Crippen molar-refractivity contribution in [2.75, 3.05) is 6.54 Å². The molecule has 0 saturated carbocycles. The van der Waals surface area contributed by atoms with E-state index in [0.29, 0.717) is 6.54 Å². The van der Waals surface area contributed by atoms with E-state index in [-0.39, 0.29) is 5.91 Å². The maximum absolute atomic E-state index is 12.2. The van der Waals surface area contributed by atoms with E-state index >= 15 is 0 Å². The second-order valence-electron chi connectivity index (χ2n) is 3.78. The molecule has 0 saturated heterocycles. The normalized spacial score (nSPS) is 10.2. The van der Waals surface area contributed by atoms with Crippen LogP contribution in [0.25, 0.3) is 0 Å². The predicted octanol–water partition coefficient (Wildman–Crippen LogP) is 3.41. The van der Waals surface area contributed by atoms with Crippen LogP contribution in [0.15, 0.2) is 47.8 Å². The molecule has 1 amide bonds. The summed E-state index contributed by atoms with van der Waals surface area (Å²) in [7, 11) is 0. The summed E-state index contributed by atoms with van der Waals surface area (Å²) < 4.78 is 0. The lowest BCUT2D eigenvalue weighted by Crippen LogP contribution is -2.29. The molecule has 0 unspecified atom stereocenters. The van der Waals surface area contributed by atoms with Crippen molar-refractivity contribution in [3.63, 3.8) is 0 Å². The van der Waals surface area contributed by atoms with Crippen molar-refractivity contribution in [3.05, 3.63) is 58.3 Å². The molecule has 0 spiro atoms. The first-order valence-electron chi connectivity index (χ1n) is 5.68. The minimum absolute atomic E-state index is 0.117. The zero-order chi connectivity index (χ0) is 12.1. The van der Waals surface area contributed by atoms with E-state index in [1.54, 1.807) is 0 Å². The molecule has 3 heteroatoms. The van der Waals surface area contributed by atoms with Crippen molar-refractivity contribution in [2.24, 2.45) is 0 Å². The van der Waals surface area contributed by atoms with E-state index in [0.717, 1.165) is 11.4 Å². The van der Waals surface area contributed by atoms with E-state index < -0.39 is 0 Å². The molecule has 2 rings (SSSR count). The maximum atomic E-state index is 12.2. The third kappa shape index (κ3) is 2.94. The highest BCUT2D eigenvalue weighted by Gasteiger charge is 2.14. The molecule has 1 aromatic heterocycles. The molecule has 0 fully saturated rings. The molecule has 88 valence electrons. The monoisotopic (exact) mass is 245 g/mol. The summed E-state index contributed by atoms with van der Waals surface area (Å²) in [6.07, 6.45) is 0. The van der Waals surface area contributed by atoms with Gasteiger partial charge in [0.2, 0.25) is 0 Å². The molecular formula is C14H15NOS. The molecule has 0 aliphatic rings. The van der Waals surface area contributed by atoms with Crippen molar-refractivity contribution in [1.29, 1.82) is 0 Å². The minimum atomic E-state index is 0.117. The van der Waals surface area contributed by atoms with Crippen molar-refractivity contribution in [2.45, 2.75) is 13.5 Å². The fraction of sp³-hybridized carbons (Fsp3) is 0.214. The third-order valence-electron chi connectivity index (χ3n) is 2.62. The van der Waals surface area contributed by atoms with Crippen LogP contribution in [0.4, 0.5) is 0 Å². The number of hydrogen-bond donors (Lipinski definition) is 0. The number of carbonyl (C=O) groups excluding carboxylic acids is 1. The van der Waals surface area contributed by atoms with Gasteiger partial charge < -0.3 is 4.90 Å². The molecule has 0 bridgehead atoms. The first-order chi connectivity index (χ1) is 8.31. The fourth-order valence-electron chi connectivity index (χ4n) is 1.69. The SMILES string of the molecule is CCN(Cc1ccccc1)C(=O)c1cccs1. The molecule has 0 N–H and O–H groups in total. The zero-order valence-electron chi connectivity index (χ0n) is 9.80. The van der Waals surface area contributed by atoms with Crippen molar-refractivity contribution < 1.29 is 4.79 Å². The Morgan fingerprint density at radius 2 is 1.94 bits per heavy atom. The van der Waals surface area contributed by atoms with Gasteiger partial charge in [-0.25, -0.2) is 0 Å². The van der Waals surface area contributed by atoms with E-state index in [1.807, 2.05) is 59.7 Å². The predicted molar refractivity (Wildman–Crippen MR) is 71.2 cm³/mol. The molecule has 0 aliphatic carbocycles. The van der Waals surface area contributed by atoms with Gasteiger partial charge in [0.1, 0.15) is 0 Å². The Hall–Kier alpha value is -1.61. The number of carbonyl (C=O) groups is 1. The Kier molecular flexibility index (Phi) is 3.94. The summed E-state index contributed by atoms with van der Waals surface area (Å²) >= 11 is 1.49. The Balaban J connectivity index is 2.10. The van der Waals surface area contributed by atoms with Gasteiger partial charge in [0.15, 0.2) is 0 Å². The van der Waals surface area contributed by atoms with E-state index in [1.165, 1.54) is 16.9 Å². The minimum Gasteiger partial charge on any atom is -0.334 e. The van der Waals surface area contributed by atoms with Crippen molar-refractivity contribution in [3.8, 4) is 0 Å². The average Bonchev–Trinajstić information content (AvgIpc) is 2.90. The van der Waals surface area contributed by atoms with Crippen LogP contribution < -0.4 is 0 Å². The summed E-state index contributed by atoms with van der Waals surface area (Å²) in [5, 5.41) is 1.93. The third-order valence-corrected chi connectivity index (χ3v) is 3.48. The van der Waals surface area contributed by atoms with Crippen molar-refractivity contribution in [1.82, 2.24) is 4.90 Å². The first kappa shape index (κ1) is 11.9.